The van der Waals surface area contributed by atoms with E-state index in [1.54, 1.807) is 7.11 Å². The van der Waals surface area contributed by atoms with Crippen LogP contribution in [-0.2, 0) is 4.74 Å². The van der Waals surface area contributed by atoms with Crippen molar-refractivity contribution < 1.29 is 30.3 Å². The zero-order chi connectivity index (χ0) is 13.3. The predicted molar refractivity (Wildman–Crippen MR) is 60.5 cm³/mol. The highest BCUT2D eigenvalue weighted by molar-refractivity contribution is 4.81. The minimum absolute atomic E-state index is 0.0834. The Hall–Kier alpha value is -0.280. The molecule has 4 atom stereocenters. The Morgan fingerprint density at radius 2 is 1.65 bits per heavy atom. The smallest absolute Gasteiger partial charge is 0.111 e. The SMILES string of the molecule is COCCCNCC(O)C(O)C(O)C(O)CO. The second-order valence-electron chi connectivity index (χ2n) is 3.85. The normalized spacial score (nSPS) is 18.7. The van der Waals surface area contributed by atoms with Gasteiger partial charge < -0.3 is 35.6 Å². The van der Waals surface area contributed by atoms with E-state index < -0.39 is 31.0 Å². The lowest BCUT2D eigenvalue weighted by Crippen LogP contribution is -2.49. The van der Waals surface area contributed by atoms with Crippen molar-refractivity contribution in [3.8, 4) is 0 Å². The van der Waals surface area contributed by atoms with Crippen molar-refractivity contribution in [3.63, 3.8) is 0 Å². The quantitative estimate of drug-likeness (QED) is 0.230. The molecular weight excluding hydrogens is 230 g/mol. The molecule has 0 radical (unpaired) electrons. The van der Waals surface area contributed by atoms with Crippen molar-refractivity contribution >= 4 is 0 Å². The molecule has 0 aliphatic carbocycles. The van der Waals surface area contributed by atoms with Crippen LogP contribution in [0.25, 0.3) is 0 Å². The lowest BCUT2D eigenvalue weighted by molar-refractivity contribution is -0.113. The van der Waals surface area contributed by atoms with Gasteiger partial charge in [-0.25, -0.2) is 0 Å². The number of aliphatic hydroxyl groups excluding tert-OH is 5. The van der Waals surface area contributed by atoms with Crippen molar-refractivity contribution in [1.29, 1.82) is 0 Å². The van der Waals surface area contributed by atoms with E-state index in [1.807, 2.05) is 0 Å². The van der Waals surface area contributed by atoms with Gasteiger partial charge in [-0.2, -0.15) is 0 Å². The Morgan fingerprint density at radius 3 is 2.18 bits per heavy atom. The average Bonchev–Trinajstić information content (AvgIpc) is 2.35. The molecule has 4 unspecified atom stereocenters. The van der Waals surface area contributed by atoms with Crippen molar-refractivity contribution in [1.82, 2.24) is 5.32 Å². The van der Waals surface area contributed by atoms with E-state index in [0.717, 1.165) is 6.42 Å². The fraction of sp³-hybridized carbons (Fsp3) is 1.00. The van der Waals surface area contributed by atoms with E-state index in [0.29, 0.717) is 13.2 Å². The van der Waals surface area contributed by atoms with E-state index in [-0.39, 0.29) is 6.54 Å². The van der Waals surface area contributed by atoms with Crippen LogP contribution in [0.15, 0.2) is 0 Å². The van der Waals surface area contributed by atoms with Gasteiger partial charge in [-0.05, 0) is 13.0 Å². The van der Waals surface area contributed by atoms with Gasteiger partial charge in [0.25, 0.3) is 0 Å². The fourth-order valence-electron chi connectivity index (χ4n) is 1.28. The molecule has 104 valence electrons. The molecule has 6 N–H and O–H groups in total. The number of hydrogen-bond acceptors (Lipinski definition) is 7. The Balaban J connectivity index is 3.76. The number of hydrogen-bond donors (Lipinski definition) is 6. The Morgan fingerprint density at radius 1 is 1.06 bits per heavy atom. The largest absolute Gasteiger partial charge is 0.394 e. The summed E-state index contributed by atoms with van der Waals surface area (Å²) in [7, 11) is 1.59. The summed E-state index contributed by atoms with van der Waals surface area (Å²) >= 11 is 0. The first kappa shape index (κ1) is 16.7. The number of aliphatic hydroxyl groups is 5. The lowest BCUT2D eigenvalue weighted by Gasteiger charge is -2.25. The van der Waals surface area contributed by atoms with Crippen LogP contribution in [0.1, 0.15) is 6.42 Å². The van der Waals surface area contributed by atoms with E-state index in [9.17, 15) is 15.3 Å². The summed E-state index contributed by atoms with van der Waals surface area (Å²) in [6.07, 6.45) is -4.99. The fourth-order valence-corrected chi connectivity index (χ4v) is 1.28. The summed E-state index contributed by atoms with van der Waals surface area (Å²) in [4.78, 5) is 0. The number of ether oxygens (including phenoxy) is 1. The number of nitrogens with one attached hydrogen (secondary N) is 1. The van der Waals surface area contributed by atoms with Gasteiger partial charge in [0.1, 0.15) is 18.3 Å². The van der Waals surface area contributed by atoms with Crippen LogP contribution in [0.2, 0.25) is 0 Å². The minimum Gasteiger partial charge on any atom is -0.394 e. The molecule has 0 spiro atoms. The van der Waals surface area contributed by atoms with Crippen LogP contribution in [-0.4, -0.2) is 83.4 Å². The molecule has 0 heterocycles. The molecule has 0 bridgehead atoms. The first-order valence-corrected chi connectivity index (χ1v) is 5.57. The van der Waals surface area contributed by atoms with Crippen molar-refractivity contribution in [2.45, 2.75) is 30.8 Å². The van der Waals surface area contributed by atoms with Crippen molar-refractivity contribution in [3.05, 3.63) is 0 Å². The van der Waals surface area contributed by atoms with E-state index in [1.165, 1.54) is 0 Å². The van der Waals surface area contributed by atoms with Crippen molar-refractivity contribution in [2.24, 2.45) is 0 Å². The number of methoxy groups -OCH3 is 1. The number of rotatable bonds is 10. The van der Waals surface area contributed by atoms with Gasteiger partial charge >= 0.3 is 0 Å². The molecule has 0 aromatic heterocycles. The van der Waals surface area contributed by atoms with Gasteiger partial charge in [0.2, 0.25) is 0 Å². The Bertz CT molecular complexity index is 182. The molecule has 0 aliphatic rings. The highest BCUT2D eigenvalue weighted by atomic mass is 16.5. The molecule has 0 amide bonds. The molecule has 0 fully saturated rings. The maximum absolute atomic E-state index is 9.49. The van der Waals surface area contributed by atoms with Crippen molar-refractivity contribution in [2.75, 3.05) is 33.4 Å². The molecule has 0 saturated carbocycles. The van der Waals surface area contributed by atoms with Gasteiger partial charge in [-0.15, -0.1) is 0 Å². The topological polar surface area (TPSA) is 122 Å². The van der Waals surface area contributed by atoms with Gasteiger partial charge in [0.15, 0.2) is 0 Å². The Labute approximate surface area is 101 Å². The lowest BCUT2D eigenvalue weighted by atomic mass is 10.0. The summed E-state index contributed by atoms with van der Waals surface area (Å²) in [5.41, 5.74) is 0. The van der Waals surface area contributed by atoms with E-state index in [2.05, 4.69) is 5.32 Å². The molecule has 0 aromatic rings. The third-order valence-electron chi connectivity index (χ3n) is 2.38. The first-order chi connectivity index (χ1) is 8.04. The second-order valence-corrected chi connectivity index (χ2v) is 3.85. The van der Waals surface area contributed by atoms with Crippen LogP contribution < -0.4 is 5.32 Å². The summed E-state index contributed by atoms with van der Waals surface area (Å²) in [5, 5.41) is 48.8. The highest BCUT2D eigenvalue weighted by Gasteiger charge is 2.29. The van der Waals surface area contributed by atoms with Crippen LogP contribution in [0, 0.1) is 0 Å². The van der Waals surface area contributed by atoms with Crippen LogP contribution in [0.4, 0.5) is 0 Å². The molecule has 0 saturated heterocycles. The second kappa shape index (κ2) is 9.72. The van der Waals surface area contributed by atoms with Crippen LogP contribution in [0.5, 0.6) is 0 Å². The third kappa shape index (κ3) is 6.89. The summed E-state index contributed by atoms with van der Waals surface area (Å²) < 4.78 is 4.83. The molecule has 7 nitrogen and oxygen atoms in total. The first-order valence-electron chi connectivity index (χ1n) is 5.57. The van der Waals surface area contributed by atoms with E-state index in [4.69, 9.17) is 14.9 Å². The molecule has 17 heavy (non-hydrogen) atoms. The zero-order valence-electron chi connectivity index (χ0n) is 9.99. The molecule has 7 heteroatoms. The maximum atomic E-state index is 9.49. The monoisotopic (exact) mass is 253 g/mol. The zero-order valence-corrected chi connectivity index (χ0v) is 9.99. The summed E-state index contributed by atoms with van der Waals surface area (Å²) in [6, 6.07) is 0. The minimum atomic E-state index is -1.57. The van der Waals surface area contributed by atoms with Gasteiger partial charge in [0.05, 0.1) is 12.7 Å². The predicted octanol–water partition coefficient (Wildman–Crippen LogP) is -2.95. The standard InChI is InChI=1S/C10H23NO6/c1-17-4-2-3-11-5-7(13)9(15)10(16)8(14)6-12/h7-16H,2-6H2,1H3. The highest BCUT2D eigenvalue weighted by Crippen LogP contribution is 2.04. The molecule has 0 aromatic carbocycles. The maximum Gasteiger partial charge on any atom is 0.111 e. The van der Waals surface area contributed by atoms with Gasteiger partial charge in [0, 0.05) is 20.3 Å². The average molecular weight is 253 g/mol. The van der Waals surface area contributed by atoms with Gasteiger partial charge in [-0.1, -0.05) is 0 Å². The Kier molecular flexibility index (Phi) is 9.56. The summed E-state index contributed by atoms with van der Waals surface area (Å²) in [6.45, 7) is 0.611. The van der Waals surface area contributed by atoms with Gasteiger partial charge in [-0.3, -0.25) is 0 Å². The van der Waals surface area contributed by atoms with E-state index >= 15 is 0 Å². The third-order valence-corrected chi connectivity index (χ3v) is 2.38. The summed E-state index contributed by atoms with van der Waals surface area (Å²) in [5.74, 6) is 0. The van der Waals surface area contributed by atoms with Crippen LogP contribution >= 0.6 is 0 Å². The molecule has 0 aliphatic heterocycles. The molecular formula is C10H23NO6. The van der Waals surface area contributed by atoms with Crippen LogP contribution in [0.3, 0.4) is 0 Å². The molecule has 0 rings (SSSR count).